The molecule has 0 amide bonds. The van der Waals surface area contributed by atoms with Crippen molar-refractivity contribution < 1.29 is 8.78 Å². The van der Waals surface area contributed by atoms with E-state index in [0.717, 1.165) is 38.8 Å². The summed E-state index contributed by atoms with van der Waals surface area (Å²) in [5.74, 6) is -0.985. The molecule has 5 heteroatoms. The van der Waals surface area contributed by atoms with Crippen molar-refractivity contribution >= 4 is 0 Å². The minimum absolute atomic E-state index is 0.460. The molecule has 1 aromatic carbocycles. The van der Waals surface area contributed by atoms with Gasteiger partial charge in [0.15, 0.2) is 0 Å². The highest BCUT2D eigenvalue weighted by molar-refractivity contribution is 5.21. The molecular formula is C18H21F2N3. The number of nitrogens with zero attached hydrogens (tertiary/aromatic N) is 3. The van der Waals surface area contributed by atoms with Gasteiger partial charge >= 0.3 is 0 Å². The van der Waals surface area contributed by atoms with Crippen molar-refractivity contribution in [2.45, 2.75) is 20.0 Å². The van der Waals surface area contributed by atoms with Crippen LogP contribution in [-0.2, 0) is 13.1 Å². The van der Waals surface area contributed by atoms with Crippen LogP contribution in [0.1, 0.15) is 16.7 Å². The van der Waals surface area contributed by atoms with E-state index in [-0.39, 0.29) is 0 Å². The number of rotatable bonds is 4. The Hall–Kier alpha value is -1.85. The zero-order chi connectivity index (χ0) is 16.2. The lowest BCUT2D eigenvalue weighted by molar-refractivity contribution is 0.121. The fourth-order valence-electron chi connectivity index (χ4n) is 2.90. The van der Waals surface area contributed by atoms with E-state index in [1.165, 1.54) is 23.3 Å². The van der Waals surface area contributed by atoms with E-state index in [1.54, 1.807) is 0 Å². The molecule has 122 valence electrons. The standard InChI is InChI=1S/C18H21F2N3/c1-14-4-5-21-11-16(14)13-23-8-6-22(7-9-23)12-15-2-3-17(19)10-18(15)20/h2-5,10-11H,6-9,12-13H2,1H3. The summed E-state index contributed by atoms with van der Waals surface area (Å²) in [5, 5.41) is 0. The van der Waals surface area contributed by atoms with E-state index in [0.29, 0.717) is 12.1 Å². The lowest BCUT2D eigenvalue weighted by atomic mass is 10.1. The quantitative estimate of drug-likeness (QED) is 0.864. The third-order valence-electron chi connectivity index (χ3n) is 4.42. The van der Waals surface area contributed by atoms with Crippen LogP contribution in [0.15, 0.2) is 36.7 Å². The summed E-state index contributed by atoms with van der Waals surface area (Å²) in [6.07, 6.45) is 3.74. The first kappa shape index (κ1) is 16.0. The molecule has 0 aliphatic carbocycles. The van der Waals surface area contributed by atoms with E-state index < -0.39 is 11.6 Å². The summed E-state index contributed by atoms with van der Waals surface area (Å²) in [7, 11) is 0. The second-order valence-electron chi connectivity index (χ2n) is 6.09. The van der Waals surface area contributed by atoms with Crippen molar-refractivity contribution in [3.05, 3.63) is 65.0 Å². The van der Waals surface area contributed by atoms with E-state index in [2.05, 4.69) is 21.7 Å². The Labute approximate surface area is 135 Å². The number of aromatic nitrogens is 1. The number of pyridine rings is 1. The summed E-state index contributed by atoms with van der Waals surface area (Å²) in [5.41, 5.74) is 3.07. The fourth-order valence-corrected chi connectivity index (χ4v) is 2.90. The van der Waals surface area contributed by atoms with Crippen LogP contribution in [0.25, 0.3) is 0 Å². The molecule has 2 heterocycles. The SMILES string of the molecule is Cc1ccncc1CN1CCN(Cc2ccc(F)cc2F)CC1. The van der Waals surface area contributed by atoms with Gasteiger partial charge in [-0.25, -0.2) is 8.78 Å². The molecule has 0 radical (unpaired) electrons. The Morgan fingerprint density at radius 1 is 0.957 bits per heavy atom. The Kier molecular flexibility index (Phi) is 4.98. The zero-order valence-electron chi connectivity index (χ0n) is 13.3. The van der Waals surface area contributed by atoms with Crippen LogP contribution in [0, 0.1) is 18.6 Å². The maximum Gasteiger partial charge on any atom is 0.130 e. The van der Waals surface area contributed by atoms with Crippen molar-refractivity contribution in [2.24, 2.45) is 0 Å². The first-order chi connectivity index (χ1) is 11.1. The van der Waals surface area contributed by atoms with E-state index >= 15 is 0 Å². The number of halogens is 2. The van der Waals surface area contributed by atoms with Crippen molar-refractivity contribution in [1.82, 2.24) is 14.8 Å². The third-order valence-corrected chi connectivity index (χ3v) is 4.42. The Morgan fingerprint density at radius 2 is 1.61 bits per heavy atom. The maximum atomic E-state index is 13.7. The molecule has 0 N–H and O–H groups in total. The van der Waals surface area contributed by atoms with Gasteiger partial charge < -0.3 is 0 Å². The molecule has 1 saturated heterocycles. The van der Waals surface area contributed by atoms with Crippen molar-refractivity contribution in [3.8, 4) is 0 Å². The van der Waals surface area contributed by atoms with Crippen molar-refractivity contribution in [2.75, 3.05) is 26.2 Å². The highest BCUT2D eigenvalue weighted by Crippen LogP contribution is 2.15. The predicted octanol–water partition coefficient (Wildman–Crippen LogP) is 2.99. The molecule has 3 rings (SSSR count). The zero-order valence-corrected chi connectivity index (χ0v) is 13.3. The van der Waals surface area contributed by atoms with Gasteiger partial charge in [0.25, 0.3) is 0 Å². The van der Waals surface area contributed by atoms with Gasteiger partial charge in [-0.15, -0.1) is 0 Å². The van der Waals surface area contributed by atoms with Crippen molar-refractivity contribution in [1.29, 1.82) is 0 Å². The van der Waals surface area contributed by atoms with Crippen LogP contribution in [0.2, 0.25) is 0 Å². The Morgan fingerprint density at radius 3 is 2.22 bits per heavy atom. The van der Waals surface area contributed by atoms with Gasteiger partial charge in [-0.1, -0.05) is 6.07 Å². The van der Waals surface area contributed by atoms with Crippen LogP contribution >= 0.6 is 0 Å². The summed E-state index contributed by atoms with van der Waals surface area (Å²) >= 11 is 0. The maximum absolute atomic E-state index is 13.7. The number of aryl methyl sites for hydroxylation is 1. The predicted molar refractivity (Wildman–Crippen MR) is 85.9 cm³/mol. The van der Waals surface area contributed by atoms with Gasteiger partial charge in [0.1, 0.15) is 11.6 Å². The lowest BCUT2D eigenvalue weighted by Gasteiger charge is -2.35. The minimum Gasteiger partial charge on any atom is -0.296 e. The molecule has 0 spiro atoms. The van der Waals surface area contributed by atoms with Gasteiger partial charge in [0.05, 0.1) is 0 Å². The molecule has 0 atom stereocenters. The highest BCUT2D eigenvalue weighted by Gasteiger charge is 2.18. The largest absolute Gasteiger partial charge is 0.296 e. The molecular weight excluding hydrogens is 296 g/mol. The Bertz CT molecular complexity index is 667. The van der Waals surface area contributed by atoms with Crippen LogP contribution in [0.5, 0.6) is 0 Å². The van der Waals surface area contributed by atoms with E-state index in [1.807, 2.05) is 18.5 Å². The summed E-state index contributed by atoms with van der Waals surface area (Å²) in [6.45, 7) is 7.19. The summed E-state index contributed by atoms with van der Waals surface area (Å²) < 4.78 is 26.7. The van der Waals surface area contributed by atoms with Gasteiger partial charge in [0.2, 0.25) is 0 Å². The molecule has 0 unspecified atom stereocenters. The molecule has 23 heavy (non-hydrogen) atoms. The van der Waals surface area contributed by atoms with Gasteiger partial charge in [-0.2, -0.15) is 0 Å². The molecule has 1 aromatic heterocycles. The van der Waals surface area contributed by atoms with Crippen LogP contribution in [0.4, 0.5) is 8.78 Å². The van der Waals surface area contributed by atoms with Crippen LogP contribution < -0.4 is 0 Å². The first-order valence-corrected chi connectivity index (χ1v) is 7.90. The van der Waals surface area contributed by atoms with E-state index in [4.69, 9.17) is 0 Å². The second kappa shape index (κ2) is 7.15. The lowest BCUT2D eigenvalue weighted by Crippen LogP contribution is -2.45. The smallest absolute Gasteiger partial charge is 0.130 e. The van der Waals surface area contributed by atoms with Crippen molar-refractivity contribution in [3.63, 3.8) is 0 Å². The molecule has 1 aliphatic heterocycles. The Balaban J connectivity index is 1.53. The number of piperazine rings is 1. The minimum atomic E-state index is -0.525. The van der Waals surface area contributed by atoms with Crippen LogP contribution in [0.3, 0.4) is 0 Å². The topological polar surface area (TPSA) is 19.4 Å². The number of hydrogen-bond acceptors (Lipinski definition) is 3. The number of benzene rings is 1. The summed E-state index contributed by atoms with van der Waals surface area (Å²) in [6, 6.07) is 5.84. The molecule has 0 bridgehead atoms. The fraction of sp³-hybridized carbons (Fsp3) is 0.389. The second-order valence-corrected chi connectivity index (χ2v) is 6.09. The third kappa shape index (κ3) is 4.12. The molecule has 1 fully saturated rings. The summed E-state index contributed by atoms with van der Waals surface area (Å²) in [4.78, 5) is 8.79. The normalized spacial score (nSPS) is 16.7. The average Bonchev–Trinajstić information content (AvgIpc) is 2.54. The average molecular weight is 317 g/mol. The first-order valence-electron chi connectivity index (χ1n) is 7.90. The molecule has 2 aromatic rings. The van der Waals surface area contributed by atoms with E-state index in [9.17, 15) is 8.78 Å². The number of hydrogen-bond donors (Lipinski definition) is 0. The van der Waals surface area contributed by atoms with Gasteiger partial charge in [-0.05, 0) is 30.2 Å². The molecule has 0 saturated carbocycles. The van der Waals surface area contributed by atoms with Gasteiger partial charge in [0, 0.05) is 63.3 Å². The molecule has 3 nitrogen and oxygen atoms in total. The van der Waals surface area contributed by atoms with Crippen LogP contribution in [-0.4, -0.2) is 41.0 Å². The monoisotopic (exact) mass is 317 g/mol. The van der Waals surface area contributed by atoms with Gasteiger partial charge in [-0.3, -0.25) is 14.8 Å². The highest BCUT2D eigenvalue weighted by atomic mass is 19.1. The molecule has 1 aliphatic rings.